The van der Waals surface area contributed by atoms with Crippen LogP contribution in [0.5, 0.6) is 0 Å². The molecule has 1 amide bonds. The van der Waals surface area contributed by atoms with E-state index in [1.807, 2.05) is 13.2 Å². The Bertz CT molecular complexity index is 665. The topological polar surface area (TPSA) is 85.6 Å². The smallest absolute Gasteiger partial charge is 0.254 e. The minimum atomic E-state index is -0.217. The summed E-state index contributed by atoms with van der Waals surface area (Å²) in [5.41, 5.74) is 0.446. The minimum absolute atomic E-state index is 0.203. The molecule has 23 heavy (non-hydrogen) atoms. The molecule has 0 radical (unpaired) electrons. The minimum Gasteiger partial charge on any atom is -0.342 e. The van der Waals surface area contributed by atoms with Gasteiger partial charge in [0.1, 0.15) is 6.33 Å². The van der Waals surface area contributed by atoms with E-state index in [-0.39, 0.29) is 11.9 Å². The van der Waals surface area contributed by atoms with E-state index < -0.39 is 0 Å². The number of amides is 1. The van der Waals surface area contributed by atoms with Gasteiger partial charge in [0.05, 0.1) is 11.6 Å². The molecule has 8 heteroatoms. The second kappa shape index (κ2) is 7.08. The van der Waals surface area contributed by atoms with Crippen molar-refractivity contribution in [3.8, 4) is 0 Å². The number of aromatic nitrogens is 5. The zero-order chi connectivity index (χ0) is 16.2. The maximum Gasteiger partial charge on any atom is 0.254 e. The summed E-state index contributed by atoms with van der Waals surface area (Å²) in [6.07, 6.45) is 11.5. The van der Waals surface area contributed by atoms with Gasteiger partial charge >= 0.3 is 0 Å². The number of carbonyl (C=O) groups is 1. The van der Waals surface area contributed by atoms with Crippen molar-refractivity contribution >= 4 is 17.7 Å². The van der Waals surface area contributed by atoms with Crippen LogP contribution in [0.3, 0.4) is 0 Å². The van der Waals surface area contributed by atoms with Gasteiger partial charge in [-0.2, -0.15) is 0 Å². The van der Waals surface area contributed by atoms with E-state index in [4.69, 9.17) is 0 Å². The third kappa shape index (κ3) is 3.52. The van der Waals surface area contributed by atoms with Gasteiger partial charge in [0, 0.05) is 18.4 Å². The van der Waals surface area contributed by atoms with Crippen molar-refractivity contribution in [2.24, 2.45) is 0 Å². The molecule has 1 fully saturated rings. The van der Waals surface area contributed by atoms with Crippen LogP contribution >= 0.6 is 11.8 Å². The van der Waals surface area contributed by atoms with Crippen LogP contribution in [0.1, 0.15) is 60.9 Å². The third-order valence-corrected chi connectivity index (χ3v) is 4.70. The normalized spacial score (nSPS) is 16.4. The molecule has 0 aromatic carbocycles. The Morgan fingerprint density at radius 1 is 1.35 bits per heavy atom. The van der Waals surface area contributed by atoms with Gasteiger partial charge in [-0.15, -0.1) is 10.2 Å². The van der Waals surface area contributed by atoms with Crippen molar-refractivity contribution in [2.45, 2.75) is 49.8 Å². The van der Waals surface area contributed by atoms with Gasteiger partial charge in [0.25, 0.3) is 5.91 Å². The van der Waals surface area contributed by atoms with E-state index in [9.17, 15) is 4.79 Å². The monoisotopic (exact) mass is 332 g/mol. The summed E-state index contributed by atoms with van der Waals surface area (Å²) in [7, 11) is 0. The predicted molar refractivity (Wildman–Crippen MR) is 87.2 cm³/mol. The lowest BCUT2D eigenvalue weighted by atomic mass is 10.2. The molecule has 0 bridgehead atoms. The maximum atomic E-state index is 12.3. The maximum absolute atomic E-state index is 12.3. The number of hydrogen-bond acceptors (Lipinski definition) is 6. The molecule has 122 valence electrons. The van der Waals surface area contributed by atoms with Crippen molar-refractivity contribution in [1.29, 1.82) is 0 Å². The van der Waals surface area contributed by atoms with Gasteiger partial charge < -0.3 is 9.88 Å². The van der Waals surface area contributed by atoms with E-state index in [1.54, 1.807) is 18.7 Å². The number of nitrogens with one attached hydrogen (secondary N) is 1. The first kappa shape index (κ1) is 15.9. The molecule has 1 aliphatic carbocycles. The average molecular weight is 332 g/mol. The molecule has 0 spiro atoms. The molecule has 2 aromatic rings. The van der Waals surface area contributed by atoms with Crippen LogP contribution in [0.25, 0.3) is 0 Å². The molecule has 0 aliphatic heterocycles. The van der Waals surface area contributed by atoms with Crippen LogP contribution in [0.2, 0.25) is 0 Å². The number of carbonyl (C=O) groups excluding carboxylic acids is 1. The molecular formula is C15H20N6OS. The Labute approximate surface area is 139 Å². The van der Waals surface area contributed by atoms with E-state index in [2.05, 4.69) is 30.0 Å². The highest BCUT2D eigenvalue weighted by Crippen LogP contribution is 2.31. The van der Waals surface area contributed by atoms with Gasteiger partial charge in [-0.05, 0) is 26.0 Å². The zero-order valence-corrected chi connectivity index (χ0v) is 14.1. The van der Waals surface area contributed by atoms with Crippen molar-refractivity contribution < 1.29 is 4.79 Å². The van der Waals surface area contributed by atoms with Crippen LogP contribution < -0.4 is 5.32 Å². The molecule has 2 aromatic heterocycles. The fourth-order valence-electron chi connectivity index (χ4n) is 2.91. The predicted octanol–water partition coefficient (Wildman–Crippen LogP) is 2.40. The molecule has 7 nitrogen and oxygen atoms in total. The second-order valence-electron chi connectivity index (χ2n) is 5.69. The Morgan fingerprint density at radius 2 is 2.04 bits per heavy atom. The fraction of sp³-hybridized carbons (Fsp3) is 0.533. The van der Waals surface area contributed by atoms with Crippen LogP contribution in [0, 0.1) is 0 Å². The summed E-state index contributed by atoms with van der Waals surface area (Å²) < 4.78 is 2.10. The van der Waals surface area contributed by atoms with Gasteiger partial charge in [0.15, 0.2) is 11.0 Å². The Hall–Kier alpha value is -1.96. The van der Waals surface area contributed by atoms with E-state index >= 15 is 0 Å². The van der Waals surface area contributed by atoms with Crippen LogP contribution in [-0.2, 0) is 0 Å². The van der Waals surface area contributed by atoms with Gasteiger partial charge in [-0.1, -0.05) is 24.6 Å². The lowest BCUT2D eigenvalue weighted by Gasteiger charge is -2.18. The summed E-state index contributed by atoms with van der Waals surface area (Å²) in [6.45, 7) is 1.92. The first-order valence-corrected chi connectivity index (χ1v) is 8.98. The number of rotatable bonds is 5. The van der Waals surface area contributed by atoms with Crippen LogP contribution in [0.4, 0.5) is 0 Å². The summed E-state index contributed by atoms with van der Waals surface area (Å²) in [6, 6.07) is 0.231. The molecule has 2 heterocycles. The molecule has 1 aliphatic rings. The number of thioether (sulfide) groups is 1. The highest BCUT2D eigenvalue weighted by molar-refractivity contribution is 7.98. The molecule has 1 saturated carbocycles. The van der Waals surface area contributed by atoms with E-state index in [1.165, 1.54) is 24.6 Å². The summed E-state index contributed by atoms with van der Waals surface area (Å²) in [5.74, 6) is 0.595. The van der Waals surface area contributed by atoms with E-state index in [0.29, 0.717) is 16.8 Å². The Morgan fingerprint density at radius 3 is 2.70 bits per heavy atom. The summed E-state index contributed by atoms with van der Waals surface area (Å²) in [4.78, 5) is 20.6. The number of hydrogen-bond donors (Lipinski definition) is 1. The highest BCUT2D eigenvalue weighted by Gasteiger charge is 2.23. The van der Waals surface area contributed by atoms with Crippen LogP contribution in [0.15, 0.2) is 23.9 Å². The molecule has 3 rings (SSSR count). The lowest BCUT2D eigenvalue weighted by molar-refractivity contribution is 0.0936. The SMILES string of the molecule is CSc1ncc(C(=O)N[C@@H](C)c2nncn2C2CCCC2)cn1. The standard InChI is InChI=1S/C15H20N6OS/c1-10(13-20-18-9-21(13)12-5-3-4-6-12)19-14(22)11-7-16-15(23-2)17-8-11/h7-10,12H,3-6H2,1-2H3,(H,19,22)/t10-/m0/s1. The lowest BCUT2D eigenvalue weighted by Crippen LogP contribution is -2.29. The second-order valence-corrected chi connectivity index (χ2v) is 6.46. The van der Waals surface area contributed by atoms with Gasteiger partial charge in [0.2, 0.25) is 0 Å². The zero-order valence-electron chi connectivity index (χ0n) is 13.3. The molecule has 1 atom stereocenters. The first-order chi connectivity index (χ1) is 11.2. The van der Waals surface area contributed by atoms with Crippen LogP contribution in [-0.4, -0.2) is 36.9 Å². The Balaban J connectivity index is 1.69. The summed E-state index contributed by atoms with van der Waals surface area (Å²) >= 11 is 1.44. The quantitative estimate of drug-likeness (QED) is 0.668. The molecule has 0 saturated heterocycles. The Kier molecular flexibility index (Phi) is 4.90. The summed E-state index contributed by atoms with van der Waals surface area (Å²) in [5, 5.41) is 11.8. The number of nitrogens with zero attached hydrogens (tertiary/aromatic N) is 5. The molecule has 1 N–H and O–H groups in total. The molecule has 0 unspecified atom stereocenters. The highest BCUT2D eigenvalue weighted by atomic mass is 32.2. The fourth-order valence-corrected chi connectivity index (χ4v) is 3.22. The third-order valence-electron chi connectivity index (χ3n) is 4.13. The van der Waals surface area contributed by atoms with Gasteiger partial charge in [-0.3, -0.25) is 4.79 Å². The first-order valence-electron chi connectivity index (χ1n) is 7.75. The van der Waals surface area contributed by atoms with Gasteiger partial charge in [-0.25, -0.2) is 9.97 Å². The molecular weight excluding hydrogens is 312 g/mol. The van der Waals surface area contributed by atoms with E-state index in [0.717, 1.165) is 18.7 Å². The largest absolute Gasteiger partial charge is 0.342 e. The van der Waals surface area contributed by atoms with Crippen molar-refractivity contribution in [1.82, 2.24) is 30.0 Å². The average Bonchev–Trinajstić information content (AvgIpc) is 3.25. The van der Waals surface area contributed by atoms with Crippen molar-refractivity contribution in [3.63, 3.8) is 0 Å². The van der Waals surface area contributed by atoms with Crippen molar-refractivity contribution in [2.75, 3.05) is 6.26 Å². The van der Waals surface area contributed by atoms with Crippen molar-refractivity contribution in [3.05, 3.63) is 30.1 Å².